The average Bonchev–Trinajstić information content (AvgIpc) is 2.44. The lowest BCUT2D eigenvalue weighted by molar-refractivity contribution is 0.680. The molecule has 1 unspecified atom stereocenters. The molecule has 1 N–H and O–H groups in total. The van der Waals surface area contributed by atoms with Crippen LogP contribution in [-0.4, -0.2) is 13.3 Å². The molecule has 3 heteroatoms. The van der Waals surface area contributed by atoms with E-state index >= 15 is 0 Å². The lowest BCUT2D eigenvalue weighted by Crippen LogP contribution is -2.18. The second-order valence-electron chi connectivity index (χ2n) is 4.47. The van der Waals surface area contributed by atoms with Crippen molar-refractivity contribution in [2.24, 2.45) is 0 Å². The van der Waals surface area contributed by atoms with Gasteiger partial charge >= 0.3 is 0 Å². The molecule has 0 aliphatic rings. The molecule has 0 amide bonds. The molecule has 100 valence electrons. The smallest absolute Gasteiger partial charge is 0.0585 e. The van der Waals surface area contributed by atoms with Crippen LogP contribution in [-0.2, 0) is 0 Å². The first-order valence-electron chi connectivity index (χ1n) is 6.23. The Labute approximate surface area is 124 Å². The van der Waals surface area contributed by atoms with Gasteiger partial charge in [-0.2, -0.15) is 0 Å². The summed E-state index contributed by atoms with van der Waals surface area (Å²) in [5, 5.41) is 4.20. The van der Waals surface area contributed by atoms with Crippen LogP contribution in [0, 0.1) is 6.92 Å². The predicted octanol–water partition coefficient (Wildman–Crippen LogP) is 4.68. The summed E-state index contributed by atoms with van der Waals surface area (Å²) in [6.07, 6.45) is 2.10. The monoisotopic (exact) mass is 291 g/mol. The van der Waals surface area contributed by atoms with E-state index in [2.05, 4.69) is 54.0 Å². The average molecular weight is 292 g/mol. The van der Waals surface area contributed by atoms with E-state index in [1.54, 1.807) is 11.8 Å². The summed E-state index contributed by atoms with van der Waals surface area (Å²) in [6, 6.07) is 14.9. The number of nitrogens with one attached hydrogen (secondary N) is 1. The molecule has 0 aliphatic carbocycles. The first-order valence-corrected chi connectivity index (χ1v) is 7.84. The molecule has 1 nitrogen and oxygen atoms in total. The minimum atomic E-state index is 0.168. The number of aryl methyl sites for hydroxylation is 1. The van der Waals surface area contributed by atoms with Gasteiger partial charge in [0.05, 0.1) is 6.04 Å². The van der Waals surface area contributed by atoms with E-state index in [4.69, 9.17) is 11.6 Å². The largest absolute Gasteiger partial charge is 0.309 e. The first kappa shape index (κ1) is 14.4. The highest BCUT2D eigenvalue weighted by Crippen LogP contribution is 2.31. The number of hydrogen-bond acceptors (Lipinski definition) is 2. The van der Waals surface area contributed by atoms with E-state index < -0.39 is 0 Å². The van der Waals surface area contributed by atoms with Gasteiger partial charge in [-0.3, -0.25) is 0 Å². The molecule has 2 aromatic rings. The third-order valence-electron chi connectivity index (χ3n) is 3.27. The Morgan fingerprint density at radius 2 is 1.89 bits per heavy atom. The van der Waals surface area contributed by atoms with Crippen LogP contribution in [0.15, 0.2) is 47.4 Å². The number of rotatable bonds is 4. The summed E-state index contributed by atoms with van der Waals surface area (Å²) in [4.78, 5) is 1.29. The SMILES string of the molecule is CNC(c1ccc(C)c(Cl)c1)c1ccccc1SC. The molecule has 0 spiro atoms. The van der Waals surface area contributed by atoms with E-state index in [1.165, 1.54) is 16.0 Å². The van der Waals surface area contributed by atoms with Crippen molar-refractivity contribution in [1.82, 2.24) is 5.32 Å². The van der Waals surface area contributed by atoms with Crippen molar-refractivity contribution >= 4 is 23.4 Å². The maximum absolute atomic E-state index is 6.24. The second kappa shape index (κ2) is 6.47. The zero-order chi connectivity index (χ0) is 13.8. The number of hydrogen-bond donors (Lipinski definition) is 1. The van der Waals surface area contributed by atoms with Crippen molar-refractivity contribution < 1.29 is 0 Å². The summed E-state index contributed by atoms with van der Waals surface area (Å²) < 4.78 is 0. The third-order valence-corrected chi connectivity index (χ3v) is 4.49. The number of thioether (sulfide) groups is 1. The second-order valence-corrected chi connectivity index (χ2v) is 5.73. The van der Waals surface area contributed by atoms with E-state index in [0.29, 0.717) is 0 Å². The molecular weight excluding hydrogens is 274 g/mol. The Balaban J connectivity index is 2.46. The van der Waals surface area contributed by atoms with Crippen molar-refractivity contribution in [2.75, 3.05) is 13.3 Å². The van der Waals surface area contributed by atoms with Crippen LogP contribution in [0.2, 0.25) is 5.02 Å². The first-order chi connectivity index (χ1) is 9.17. The van der Waals surface area contributed by atoms with Crippen molar-refractivity contribution in [1.29, 1.82) is 0 Å². The predicted molar refractivity (Wildman–Crippen MR) is 85.3 cm³/mol. The Bertz CT molecular complexity index is 568. The zero-order valence-corrected chi connectivity index (χ0v) is 13.0. The van der Waals surface area contributed by atoms with Gasteiger partial charge in [-0.05, 0) is 49.1 Å². The highest BCUT2D eigenvalue weighted by atomic mass is 35.5. The van der Waals surface area contributed by atoms with Crippen LogP contribution in [0.4, 0.5) is 0 Å². The van der Waals surface area contributed by atoms with Gasteiger partial charge in [-0.25, -0.2) is 0 Å². The van der Waals surface area contributed by atoms with Crippen molar-refractivity contribution in [3.05, 3.63) is 64.2 Å². The topological polar surface area (TPSA) is 12.0 Å². The summed E-state index contributed by atoms with van der Waals surface area (Å²) in [7, 11) is 1.98. The van der Waals surface area contributed by atoms with Crippen LogP contribution in [0.1, 0.15) is 22.7 Å². The van der Waals surface area contributed by atoms with Gasteiger partial charge in [-0.1, -0.05) is 41.9 Å². The summed E-state index contributed by atoms with van der Waals surface area (Å²) in [6.45, 7) is 2.02. The molecule has 1 atom stereocenters. The van der Waals surface area contributed by atoms with Gasteiger partial charge in [0.1, 0.15) is 0 Å². The molecule has 2 aromatic carbocycles. The zero-order valence-electron chi connectivity index (χ0n) is 11.4. The van der Waals surface area contributed by atoms with Gasteiger partial charge in [0, 0.05) is 9.92 Å². The van der Waals surface area contributed by atoms with Gasteiger partial charge in [0.25, 0.3) is 0 Å². The Hall–Kier alpha value is -0.960. The Morgan fingerprint density at radius 1 is 1.16 bits per heavy atom. The van der Waals surface area contributed by atoms with Crippen molar-refractivity contribution in [2.45, 2.75) is 17.9 Å². The Kier molecular flexibility index (Phi) is 4.92. The highest BCUT2D eigenvalue weighted by Gasteiger charge is 2.15. The van der Waals surface area contributed by atoms with E-state index in [-0.39, 0.29) is 6.04 Å². The quantitative estimate of drug-likeness (QED) is 0.821. The molecule has 0 radical (unpaired) electrons. The fraction of sp³-hybridized carbons (Fsp3) is 0.250. The normalized spacial score (nSPS) is 12.4. The standard InChI is InChI=1S/C16H18ClNS/c1-11-8-9-12(10-14(11)17)16(18-2)13-6-4-5-7-15(13)19-3/h4-10,16,18H,1-3H3. The van der Waals surface area contributed by atoms with Gasteiger partial charge in [0.15, 0.2) is 0 Å². The summed E-state index contributed by atoms with van der Waals surface area (Å²) in [5.41, 5.74) is 3.59. The minimum Gasteiger partial charge on any atom is -0.309 e. The lowest BCUT2D eigenvalue weighted by Gasteiger charge is -2.20. The molecule has 19 heavy (non-hydrogen) atoms. The van der Waals surface area contributed by atoms with E-state index in [9.17, 15) is 0 Å². The van der Waals surface area contributed by atoms with E-state index in [1.807, 2.05) is 14.0 Å². The molecule has 0 heterocycles. The highest BCUT2D eigenvalue weighted by molar-refractivity contribution is 7.98. The van der Waals surface area contributed by atoms with Crippen LogP contribution >= 0.6 is 23.4 Å². The third kappa shape index (κ3) is 3.14. The molecule has 0 saturated carbocycles. The fourth-order valence-corrected chi connectivity index (χ4v) is 3.02. The van der Waals surface area contributed by atoms with Crippen LogP contribution in [0.25, 0.3) is 0 Å². The number of benzene rings is 2. The minimum absolute atomic E-state index is 0.168. The van der Waals surface area contributed by atoms with Gasteiger partial charge in [0.2, 0.25) is 0 Å². The lowest BCUT2D eigenvalue weighted by atomic mass is 9.98. The number of halogens is 1. The molecule has 0 aromatic heterocycles. The van der Waals surface area contributed by atoms with Gasteiger partial charge in [-0.15, -0.1) is 11.8 Å². The van der Waals surface area contributed by atoms with Gasteiger partial charge < -0.3 is 5.32 Å². The van der Waals surface area contributed by atoms with Crippen molar-refractivity contribution in [3.8, 4) is 0 Å². The van der Waals surface area contributed by atoms with Crippen LogP contribution in [0.5, 0.6) is 0 Å². The fourth-order valence-electron chi connectivity index (χ4n) is 2.20. The van der Waals surface area contributed by atoms with Crippen molar-refractivity contribution in [3.63, 3.8) is 0 Å². The molecule has 0 saturated heterocycles. The van der Waals surface area contributed by atoms with E-state index in [0.717, 1.165) is 10.6 Å². The molecule has 0 aliphatic heterocycles. The molecule has 2 rings (SSSR count). The summed E-state index contributed by atoms with van der Waals surface area (Å²) >= 11 is 8.01. The summed E-state index contributed by atoms with van der Waals surface area (Å²) in [5.74, 6) is 0. The molecular formula is C16H18ClNS. The van der Waals surface area contributed by atoms with Crippen LogP contribution in [0.3, 0.4) is 0 Å². The Morgan fingerprint density at radius 3 is 2.53 bits per heavy atom. The molecule has 0 bridgehead atoms. The molecule has 0 fully saturated rings. The maximum atomic E-state index is 6.24. The maximum Gasteiger partial charge on any atom is 0.0585 e. The van der Waals surface area contributed by atoms with Crippen LogP contribution < -0.4 is 5.32 Å².